The highest BCUT2D eigenvalue weighted by Crippen LogP contribution is 2.35. The molecule has 0 saturated carbocycles. The smallest absolute Gasteiger partial charge is 0.383 e. The molecule has 1 fully saturated rings. The molecule has 1 aromatic carbocycles. The van der Waals surface area contributed by atoms with E-state index in [1.54, 1.807) is 23.1 Å². The maximum atomic E-state index is 13.4. The molecule has 1 saturated heterocycles. The first-order valence-electron chi connectivity index (χ1n) is 10.1. The fourth-order valence-electron chi connectivity index (χ4n) is 3.58. The molecule has 1 unspecified atom stereocenters. The van der Waals surface area contributed by atoms with Crippen molar-refractivity contribution in [2.75, 3.05) is 44.8 Å². The zero-order chi connectivity index (χ0) is 24.0. The van der Waals surface area contributed by atoms with Crippen molar-refractivity contribution in [1.82, 2.24) is 15.2 Å². The van der Waals surface area contributed by atoms with Crippen LogP contribution in [0.15, 0.2) is 42.6 Å². The number of anilines is 1. The Hall–Kier alpha value is -3.65. The number of alkyl halides is 3. The minimum absolute atomic E-state index is 0.0272. The van der Waals surface area contributed by atoms with Crippen LogP contribution < -0.4 is 10.2 Å². The average molecular weight is 461 g/mol. The van der Waals surface area contributed by atoms with Crippen LogP contribution in [0.5, 0.6) is 0 Å². The maximum absolute atomic E-state index is 13.4. The van der Waals surface area contributed by atoms with Crippen molar-refractivity contribution in [2.45, 2.75) is 12.2 Å². The van der Waals surface area contributed by atoms with Gasteiger partial charge in [0, 0.05) is 45.2 Å². The summed E-state index contributed by atoms with van der Waals surface area (Å²) in [6.07, 6.45) is -3.23. The number of carbonyl (C=O) groups excluding carboxylic acids is 2. The van der Waals surface area contributed by atoms with Gasteiger partial charge < -0.3 is 19.9 Å². The molecule has 1 atom stereocenters. The molecule has 2 aromatic rings. The molecule has 1 N–H and O–H groups in total. The summed E-state index contributed by atoms with van der Waals surface area (Å²) in [7, 11) is 1.48. The normalized spacial score (nSPS) is 16.3. The molecule has 1 aliphatic rings. The number of ether oxygens (including phenoxy) is 1. The van der Waals surface area contributed by atoms with Gasteiger partial charge in [0.15, 0.2) is 0 Å². The van der Waals surface area contributed by atoms with Crippen LogP contribution in [0.2, 0.25) is 0 Å². The van der Waals surface area contributed by atoms with E-state index in [1.165, 1.54) is 30.3 Å². The van der Waals surface area contributed by atoms with Crippen LogP contribution in [-0.2, 0) is 15.7 Å². The topological polar surface area (TPSA) is 98.6 Å². The largest absolute Gasteiger partial charge is 0.417 e. The summed E-state index contributed by atoms with van der Waals surface area (Å²) >= 11 is 0. The van der Waals surface area contributed by atoms with Crippen molar-refractivity contribution in [1.29, 1.82) is 5.26 Å². The molecule has 0 bridgehead atoms. The van der Waals surface area contributed by atoms with Crippen LogP contribution in [0.3, 0.4) is 0 Å². The molecule has 174 valence electrons. The molecule has 3 rings (SSSR count). The molecule has 33 heavy (non-hydrogen) atoms. The molecule has 1 aliphatic heterocycles. The van der Waals surface area contributed by atoms with Gasteiger partial charge in [-0.3, -0.25) is 14.6 Å². The summed E-state index contributed by atoms with van der Waals surface area (Å²) in [5, 5.41) is 11.7. The second kappa shape index (κ2) is 10.3. The lowest BCUT2D eigenvalue weighted by Gasteiger charge is -2.41. The molecular weight excluding hydrogens is 439 g/mol. The zero-order valence-electron chi connectivity index (χ0n) is 17.8. The standard InChI is InChI=1S/C22H22F3N5O3/c1-33-11-8-28-20(31)19-14-29(9-10-30(19)21(32)18-4-2-3-7-27-18)16-6-5-15(13-26)17(12-16)22(23,24)25/h2-7,12,19H,8-11,14H2,1H3,(H,28,31). The van der Waals surface area contributed by atoms with Gasteiger partial charge in [-0.15, -0.1) is 0 Å². The number of halogens is 3. The Balaban J connectivity index is 1.89. The summed E-state index contributed by atoms with van der Waals surface area (Å²) in [4.78, 5) is 32.9. The number of carbonyl (C=O) groups is 2. The number of amides is 2. The Morgan fingerprint density at radius 2 is 2.06 bits per heavy atom. The number of nitriles is 1. The first kappa shape index (κ1) is 24.0. The molecular formula is C22H22F3N5O3. The summed E-state index contributed by atoms with van der Waals surface area (Å²) in [6, 6.07) is 8.85. The second-order valence-electron chi connectivity index (χ2n) is 7.30. The first-order chi connectivity index (χ1) is 15.8. The SMILES string of the molecule is COCCNC(=O)C1CN(c2ccc(C#N)c(C(F)(F)F)c2)CCN1C(=O)c1ccccn1. The quantitative estimate of drug-likeness (QED) is 0.662. The van der Waals surface area contributed by atoms with Crippen molar-refractivity contribution in [2.24, 2.45) is 0 Å². The summed E-state index contributed by atoms with van der Waals surface area (Å²) in [5.41, 5.74) is -1.15. The maximum Gasteiger partial charge on any atom is 0.417 e. The van der Waals surface area contributed by atoms with Crippen molar-refractivity contribution in [3.8, 4) is 6.07 Å². The molecule has 11 heteroatoms. The number of pyridine rings is 1. The summed E-state index contributed by atoms with van der Waals surface area (Å²) in [5.74, 6) is -0.899. The Bertz CT molecular complexity index is 1040. The molecule has 2 amide bonds. The highest BCUT2D eigenvalue weighted by Gasteiger charge is 2.38. The number of hydrogen-bond donors (Lipinski definition) is 1. The van der Waals surface area contributed by atoms with Crippen molar-refractivity contribution < 1.29 is 27.5 Å². The van der Waals surface area contributed by atoms with Crippen LogP contribution in [-0.4, -0.2) is 67.6 Å². The van der Waals surface area contributed by atoms with Gasteiger partial charge in [0.05, 0.1) is 23.8 Å². The van der Waals surface area contributed by atoms with Gasteiger partial charge in [-0.05, 0) is 30.3 Å². The Morgan fingerprint density at radius 3 is 2.70 bits per heavy atom. The summed E-state index contributed by atoms with van der Waals surface area (Å²) in [6.45, 7) is 0.747. The van der Waals surface area contributed by atoms with Crippen LogP contribution in [0.1, 0.15) is 21.6 Å². The number of hydrogen-bond acceptors (Lipinski definition) is 6. The molecule has 1 aromatic heterocycles. The fourth-order valence-corrected chi connectivity index (χ4v) is 3.58. The number of nitrogens with one attached hydrogen (secondary N) is 1. The fraction of sp³-hybridized carbons (Fsp3) is 0.364. The lowest BCUT2D eigenvalue weighted by molar-refractivity contribution is -0.137. The van der Waals surface area contributed by atoms with Crippen molar-refractivity contribution in [3.63, 3.8) is 0 Å². The van der Waals surface area contributed by atoms with Crippen molar-refractivity contribution >= 4 is 17.5 Å². The third kappa shape index (κ3) is 5.59. The number of piperazine rings is 1. The van der Waals surface area contributed by atoms with E-state index in [2.05, 4.69) is 10.3 Å². The minimum atomic E-state index is -4.70. The van der Waals surface area contributed by atoms with Crippen LogP contribution in [0.25, 0.3) is 0 Å². The molecule has 0 radical (unpaired) electrons. The highest BCUT2D eigenvalue weighted by atomic mass is 19.4. The van der Waals surface area contributed by atoms with Crippen LogP contribution >= 0.6 is 0 Å². The predicted octanol–water partition coefficient (Wildman–Crippen LogP) is 2.07. The van der Waals surface area contributed by atoms with Gasteiger partial charge in [-0.2, -0.15) is 18.4 Å². The first-order valence-corrected chi connectivity index (χ1v) is 10.1. The van der Waals surface area contributed by atoms with E-state index in [1.807, 2.05) is 0 Å². The Kier molecular flexibility index (Phi) is 7.50. The van der Waals surface area contributed by atoms with Crippen LogP contribution in [0, 0.1) is 11.3 Å². The number of methoxy groups -OCH3 is 1. The minimum Gasteiger partial charge on any atom is -0.383 e. The third-order valence-corrected chi connectivity index (χ3v) is 5.23. The number of aromatic nitrogens is 1. The monoisotopic (exact) mass is 461 g/mol. The van der Waals surface area contributed by atoms with Gasteiger partial charge >= 0.3 is 6.18 Å². The van der Waals surface area contributed by atoms with E-state index in [0.29, 0.717) is 0 Å². The van der Waals surface area contributed by atoms with Gasteiger partial charge in [-0.25, -0.2) is 0 Å². The molecule has 8 nitrogen and oxygen atoms in total. The average Bonchev–Trinajstić information content (AvgIpc) is 2.83. The Morgan fingerprint density at radius 1 is 1.27 bits per heavy atom. The van der Waals surface area contributed by atoms with Gasteiger partial charge in [0.25, 0.3) is 5.91 Å². The molecule has 2 heterocycles. The Labute approximate surface area is 188 Å². The van der Waals surface area contributed by atoms with E-state index >= 15 is 0 Å². The van der Waals surface area contributed by atoms with E-state index < -0.39 is 35.2 Å². The second-order valence-corrected chi connectivity index (χ2v) is 7.30. The number of benzene rings is 1. The highest BCUT2D eigenvalue weighted by molar-refractivity contribution is 5.96. The number of nitrogens with zero attached hydrogens (tertiary/aromatic N) is 4. The van der Waals surface area contributed by atoms with Crippen molar-refractivity contribution in [3.05, 3.63) is 59.4 Å². The van der Waals surface area contributed by atoms with Gasteiger partial charge in [0.1, 0.15) is 11.7 Å². The van der Waals surface area contributed by atoms with E-state index in [9.17, 15) is 22.8 Å². The van der Waals surface area contributed by atoms with Gasteiger partial charge in [0.2, 0.25) is 5.91 Å². The lowest BCUT2D eigenvalue weighted by atomic mass is 10.0. The predicted molar refractivity (Wildman–Crippen MR) is 112 cm³/mol. The third-order valence-electron chi connectivity index (χ3n) is 5.23. The van der Waals surface area contributed by atoms with E-state index in [0.717, 1.165) is 12.1 Å². The number of rotatable bonds is 6. The molecule has 0 aliphatic carbocycles. The lowest BCUT2D eigenvalue weighted by Crippen LogP contribution is -2.61. The van der Waals surface area contributed by atoms with E-state index in [4.69, 9.17) is 10.00 Å². The van der Waals surface area contributed by atoms with Gasteiger partial charge in [-0.1, -0.05) is 6.07 Å². The van der Waals surface area contributed by atoms with Crippen LogP contribution in [0.4, 0.5) is 18.9 Å². The summed E-state index contributed by atoms with van der Waals surface area (Å²) < 4.78 is 45.2. The van der Waals surface area contributed by atoms with E-state index in [-0.39, 0.29) is 44.2 Å². The molecule has 0 spiro atoms. The zero-order valence-corrected chi connectivity index (χ0v) is 17.8.